The molecule has 1 aliphatic rings. The fourth-order valence-electron chi connectivity index (χ4n) is 2.24. The predicted octanol–water partition coefficient (Wildman–Crippen LogP) is 2.92. The lowest BCUT2D eigenvalue weighted by Crippen LogP contribution is -2.29. The van der Waals surface area contributed by atoms with Crippen molar-refractivity contribution in [3.05, 3.63) is 51.9 Å². The SMILES string of the molecule is CC.CC.N#Cc1cccc(C(=O)c2c[nH]c3c2=CCCC=3)n1. The van der Waals surface area contributed by atoms with Crippen molar-refractivity contribution in [2.24, 2.45) is 0 Å². The molecule has 0 aromatic carbocycles. The number of aromatic amines is 1. The van der Waals surface area contributed by atoms with Gasteiger partial charge < -0.3 is 4.98 Å². The maximum atomic E-state index is 12.4. The highest BCUT2D eigenvalue weighted by atomic mass is 16.1. The maximum Gasteiger partial charge on any atom is 0.213 e. The van der Waals surface area contributed by atoms with E-state index in [9.17, 15) is 4.79 Å². The summed E-state index contributed by atoms with van der Waals surface area (Å²) in [5.41, 5.74) is 1.18. The molecule has 1 N–H and O–H groups in total. The van der Waals surface area contributed by atoms with Gasteiger partial charge in [-0.15, -0.1) is 0 Å². The first-order valence-electron chi connectivity index (χ1n) is 8.09. The van der Waals surface area contributed by atoms with Crippen molar-refractivity contribution in [1.29, 1.82) is 5.26 Å². The Morgan fingerprint density at radius 1 is 1.17 bits per heavy atom. The van der Waals surface area contributed by atoms with Gasteiger partial charge >= 0.3 is 0 Å². The molecule has 3 rings (SSSR count). The lowest BCUT2D eigenvalue weighted by molar-refractivity contribution is 0.103. The molecule has 0 unspecified atom stereocenters. The van der Waals surface area contributed by atoms with Crippen molar-refractivity contribution in [3.8, 4) is 6.07 Å². The van der Waals surface area contributed by atoms with Gasteiger partial charge in [-0.05, 0) is 25.0 Å². The molecule has 4 heteroatoms. The van der Waals surface area contributed by atoms with Gasteiger partial charge in [0.2, 0.25) is 5.78 Å². The van der Waals surface area contributed by atoms with Crippen LogP contribution in [0.4, 0.5) is 0 Å². The average molecular weight is 309 g/mol. The van der Waals surface area contributed by atoms with Crippen molar-refractivity contribution in [2.45, 2.75) is 40.5 Å². The summed E-state index contributed by atoms with van der Waals surface area (Å²) in [5, 5.41) is 10.8. The van der Waals surface area contributed by atoms with Gasteiger partial charge in [-0.25, -0.2) is 4.98 Å². The minimum absolute atomic E-state index is 0.152. The van der Waals surface area contributed by atoms with Crippen molar-refractivity contribution in [1.82, 2.24) is 9.97 Å². The van der Waals surface area contributed by atoms with Gasteiger partial charge in [0.05, 0.1) is 0 Å². The smallest absolute Gasteiger partial charge is 0.213 e. The average Bonchev–Trinajstić information content (AvgIpc) is 3.08. The Morgan fingerprint density at radius 3 is 2.57 bits per heavy atom. The second-order valence-corrected chi connectivity index (χ2v) is 4.36. The van der Waals surface area contributed by atoms with Crippen molar-refractivity contribution < 1.29 is 4.79 Å². The fourth-order valence-corrected chi connectivity index (χ4v) is 2.24. The Labute approximate surface area is 137 Å². The van der Waals surface area contributed by atoms with E-state index in [1.54, 1.807) is 24.4 Å². The van der Waals surface area contributed by atoms with Crippen LogP contribution in [0.2, 0.25) is 0 Å². The number of fused-ring (bicyclic) bond motifs is 1. The largest absolute Gasteiger partial charge is 0.361 e. The van der Waals surface area contributed by atoms with Crippen molar-refractivity contribution in [2.75, 3.05) is 0 Å². The van der Waals surface area contributed by atoms with Crippen LogP contribution < -0.4 is 10.6 Å². The van der Waals surface area contributed by atoms with E-state index in [4.69, 9.17) is 5.26 Å². The van der Waals surface area contributed by atoms with Crippen LogP contribution in [0.5, 0.6) is 0 Å². The van der Waals surface area contributed by atoms with Gasteiger partial charge in [-0.2, -0.15) is 5.26 Å². The van der Waals surface area contributed by atoms with E-state index >= 15 is 0 Å². The summed E-state index contributed by atoms with van der Waals surface area (Å²) in [4.78, 5) is 19.6. The molecule has 2 aromatic heterocycles. The zero-order valence-electron chi connectivity index (χ0n) is 14.2. The molecule has 0 amide bonds. The second-order valence-electron chi connectivity index (χ2n) is 4.36. The number of hydrogen-bond acceptors (Lipinski definition) is 3. The molecule has 2 heterocycles. The van der Waals surface area contributed by atoms with Gasteiger partial charge in [0.15, 0.2) is 0 Å². The monoisotopic (exact) mass is 309 g/mol. The van der Waals surface area contributed by atoms with Crippen LogP contribution in [0.25, 0.3) is 12.2 Å². The molecular formula is C19H23N3O. The number of nitriles is 1. The van der Waals surface area contributed by atoms with Crippen LogP contribution in [0.3, 0.4) is 0 Å². The Kier molecular flexibility index (Phi) is 7.49. The quantitative estimate of drug-likeness (QED) is 0.867. The van der Waals surface area contributed by atoms with E-state index in [1.807, 2.05) is 33.8 Å². The molecule has 120 valence electrons. The molecule has 0 saturated heterocycles. The van der Waals surface area contributed by atoms with E-state index < -0.39 is 0 Å². The van der Waals surface area contributed by atoms with Crippen LogP contribution in [0.1, 0.15) is 62.3 Å². The standard InChI is InChI=1S/C15H11N3O.2C2H6/c16-8-10-4-3-7-14(18-10)15(19)12-9-17-13-6-2-1-5-11(12)13;2*1-2/h3-7,9,17H,1-2H2;2*1-2H3. The zero-order chi connectivity index (χ0) is 17.2. The van der Waals surface area contributed by atoms with Gasteiger partial charge in [0.25, 0.3) is 0 Å². The Balaban J connectivity index is 0.000000615. The number of H-pyrrole nitrogens is 1. The highest BCUT2D eigenvalue weighted by Gasteiger charge is 2.15. The molecular weight excluding hydrogens is 286 g/mol. The van der Waals surface area contributed by atoms with Gasteiger partial charge in [-0.3, -0.25) is 4.79 Å². The second kappa shape index (κ2) is 9.37. The molecule has 4 nitrogen and oxygen atoms in total. The van der Waals surface area contributed by atoms with Crippen LogP contribution in [0, 0.1) is 11.3 Å². The Hall–Kier alpha value is -2.67. The van der Waals surface area contributed by atoms with E-state index in [0.29, 0.717) is 11.3 Å². The number of rotatable bonds is 2. The normalized spacial score (nSPS) is 11.1. The van der Waals surface area contributed by atoms with Gasteiger partial charge in [-0.1, -0.05) is 45.9 Å². The van der Waals surface area contributed by atoms with Crippen LogP contribution in [-0.4, -0.2) is 15.8 Å². The third-order valence-electron chi connectivity index (χ3n) is 3.16. The molecule has 0 aliphatic heterocycles. The molecule has 0 spiro atoms. The summed E-state index contributed by atoms with van der Waals surface area (Å²) in [6.07, 6.45) is 7.80. The minimum atomic E-state index is -0.152. The molecule has 0 radical (unpaired) electrons. The van der Waals surface area contributed by atoms with E-state index in [-0.39, 0.29) is 11.5 Å². The lowest BCUT2D eigenvalue weighted by Gasteiger charge is -2.00. The van der Waals surface area contributed by atoms with Crippen molar-refractivity contribution in [3.63, 3.8) is 0 Å². The number of carbonyl (C=O) groups excluding carboxylic acids is 1. The molecule has 23 heavy (non-hydrogen) atoms. The molecule has 2 aromatic rings. The van der Waals surface area contributed by atoms with E-state index in [1.165, 1.54) is 0 Å². The fraction of sp³-hybridized carbons (Fsp3) is 0.316. The molecule has 0 atom stereocenters. The third kappa shape index (κ3) is 4.17. The summed E-state index contributed by atoms with van der Waals surface area (Å²) in [7, 11) is 0. The van der Waals surface area contributed by atoms with E-state index in [0.717, 1.165) is 23.4 Å². The van der Waals surface area contributed by atoms with Crippen molar-refractivity contribution >= 4 is 17.9 Å². The summed E-state index contributed by atoms with van der Waals surface area (Å²) in [6.45, 7) is 8.00. The summed E-state index contributed by atoms with van der Waals surface area (Å²) < 4.78 is 0. The van der Waals surface area contributed by atoms with Crippen LogP contribution >= 0.6 is 0 Å². The summed E-state index contributed by atoms with van der Waals surface area (Å²) in [6, 6.07) is 6.84. The summed E-state index contributed by atoms with van der Waals surface area (Å²) >= 11 is 0. The number of aromatic nitrogens is 2. The Morgan fingerprint density at radius 2 is 1.87 bits per heavy atom. The highest BCUT2D eigenvalue weighted by molar-refractivity contribution is 6.07. The molecule has 0 bridgehead atoms. The lowest BCUT2D eigenvalue weighted by atomic mass is 10.1. The topological polar surface area (TPSA) is 69.5 Å². The van der Waals surface area contributed by atoms with Gasteiger partial charge in [0, 0.05) is 22.3 Å². The number of carbonyl (C=O) groups is 1. The summed E-state index contributed by atoms with van der Waals surface area (Å²) in [5.74, 6) is -0.152. The third-order valence-corrected chi connectivity index (χ3v) is 3.16. The first-order valence-corrected chi connectivity index (χ1v) is 8.09. The number of hydrogen-bond donors (Lipinski definition) is 1. The zero-order valence-corrected chi connectivity index (χ0v) is 14.2. The number of nitrogens with zero attached hydrogens (tertiary/aromatic N) is 2. The molecule has 0 saturated carbocycles. The molecule has 0 fully saturated rings. The number of nitrogens with one attached hydrogen (secondary N) is 1. The number of ketones is 1. The van der Waals surface area contributed by atoms with E-state index in [2.05, 4.69) is 22.1 Å². The predicted molar refractivity (Wildman–Crippen MR) is 93.3 cm³/mol. The number of pyridine rings is 1. The maximum absolute atomic E-state index is 12.4. The first kappa shape index (κ1) is 18.4. The van der Waals surface area contributed by atoms with Crippen LogP contribution in [-0.2, 0) is 0 Å². The minimum Gasteiger partial charge on any atom is -0.361 e. The van der Waals surface area contributed by atoms with Gasteiger partial charge in [0.1, 0.15) is 17.5 Å². The molecule has 1 aliphatic carbocycles. The first-order chi connectivity index (χ1) is 11.3. The van der Waals surface area contributed by atoms with Crippen LogP contribution in [0.15, 0.2) is 24.4 Å². The highest BCUT2D eigenvalue weighted by Crippen LogP contribution is 2.05. The Bertz CT molecular complexity index is 810.